The highest BCUT2D eigenvalue weighted by atomic mass is 16.4. The first kappa shape index (κ1) is 15.2. The third-order valence-corrected chi connectivity index (χ3v) is 3.82. The van der Waals surface area contributed by atoms with E-state index >= 15 is 0 Å². The predicted octanol–water partition coefficient (Wildman–Crippen LogP) is 2.66. The molecule has 1 aliphatic rings. The van der Waals surface area contributed by atoms with Crippen LogP contribution in [0.5, 0.6) is 0 Å². The number of anilines is 1. The number of benzene rings is 1. The summed E-state index contributed by atoms with van der Waals surface area (Å²) in [5, 5.41) is 18.1. The molecule has 1 N–H and O–H groups in total. The zero-order valence-corrected chi connectivity index (χ0v) is 12.8. The summed E-state index contributed by atoms with van der Waals surface area (Å²) in [6, 6.07) is 7.94. The summed E-state index contributed by atoms with van der Waals surface area (Å²) in [7, 11) is 0. The monoisotopic (exact) mass is 287 g/mol. The summed E-state index contributed by atoms with van der Waals surface area (Å²) in [6.45, 7) is 8.77. The summed E-state index contributed by atoms with van der Waals surface area (Å²) in [6.07, 6.45) is -0.856. The van der Waals surface area contributed by atoms with E-state index in [4.69, 9.17) is 10.4 Å². The second-order valence-electron chi connectivity index (χ2n) is 6.35. The van der Waals surface area contributed by atoms with E-state index < -0.39 is 6.09 Å². The number of nitriles is 1. The van der Waals surface area contributed by atoms with E-state index in [1.807, 2.05) is 18.2 Å². The van der Waals surface area contributed by atoms with Crippen molar-refractivity contribution in [2.24, 2.45) is 0 Å². The van der Waals surface area contributed by atoms with Gasteiger partial charge in [0.1, 0.15) is 0 Å². The van der Waals surface area contributed by atoms with Crippen LogP contribution in [0.25, 0.3) is 0 Å². The van der Waals surface area contributed by atoms with Crippen molar-refractivity contribution in [2.75, 3.05) is 31.1 Å². The lowest BCUT2D eigenvalue weighted by molar-refractivity contribution is 0.142. The fourth-order valence-corrected chi connectivity index (χ4v) is 2.62. The van der Waals surface area contributed by atoms with Gasteiger partial charge in [-0.2, -0.15) is 5.26 Å². The van der Waals surface area contributed by atoms with Crippen molar-refractivity contribution in [1.82, 2.24) is 4.90 Å². The molecule has 0 atom stereocenters. The summed E-state index contributed by atoms with van der Waals surface area (Å²) in [5.74, 6) is 0. The van der Waals surface area contributed by atoms with Gasteiger partial charge >= 0.3 is 6.09 Å². The summed E-state index contributed by atoms with van der Waals surface area (Å²) in [5.41, 5.74) is 2.83. The smallest absolute Gasteiger partial charge is 0.407 e. The topological polar surface area (TPSA) is 67.6 Å². The molecule has 0 bridgehead atoms. The Labute approximate surface area is 125 Å². The molecule has 5 nitrogen and oxygen atoms in total. The minimum atomic E-state index is -0.856. The first-order valence-corrected chi connectivity index (χ1v) is 7.10. The van der Waals surface area contributed by atoms with Gasteiger partial charge in [0.05, 0.1) is 11.6 Å². The number of amides is 1. The average Bonchev–Trinajstić information content (AvgIpc) is 2.46. The van der Waals surface area contributed by atoms with Gasteiger partial charge in [0.25, 0.3) is 0 Å². The van der Waals surface area contributed by atoms with E-state index in [1.54, 1.807) is 0 Å². The molecule has 2 rings (SSSR count). The summed E-state index contributed by atoms with van der Waals surface area (Å²) >= 11 is 0. The van der Waals surface area contributed by atoms with Crippen LogP contribution in [-0.4, -0.2) is 42.3 Å². The van der Waals surface area contributed by atoms with E-state index in [0.29, 0.717) is 31.7 Å². The molecule has 1 fully saturated rings. The van der Waals surface area contributed by atoms with Crippen LogP contribution in [0.15, 0.2) is 18.2 Å². The summed E-state index contributed by atoms with van der Waals surface area (Å²) < 4.78 is 0. The molecule has 21 heavy (non-hydrogen) atoms. The van der Waals surface area contributed by atoms with E-state index in [0.717, 1.165) is 11.3 Å². The number of piperazine rings is 1. The number of carboxylic acid groups (broad SMARTS) is 1. The maximum absolute atomic E-state index is 11.0. The van der Waals surface area contributed by atoms with Gasteiger partial charge in [-0.15, -0.1) is 0 Å². The number of hydrogen-bond donors (Lipinski definition) is 1. The third kappa shape index (κ3) is 3.27. The maximum atomic E-state index is 11.0. The van der Waals surface area contributed by atoms with Gasteiger partial charge in [0, 0.05) is 31.9 Å². The van der Waals surface area contributed by atoms with Crippen molar-refractivity contribution in [2.45, 2.75) is 26.2 Å². The Bertz CT molecular complexity index is 576. The Hall–Kier alpha value is -2.22. The van der Waals surface area contributed by atoms with E-state index in [2.05, 4.69) is 31.7 Å². The van der Waals surface area contributed by atoms with Crippen molar-refractivity contribution < 1.29 is 9.90 Å². The molecule has 1 amide bonds. The zero-order valence-electron chi connectivity index (χ0n) is 12.8. The second-order valence-corrected chi connectivity index (χ2v) is 6.35. The highest BCUT2D eigenvalue weighted by Crippen LogP contribution is 2.33. The van der Waals surface area contributed by atoms with E-state index in [1.165, 1.54) is 4.90 Å². The predicted molar refractivity (Wildman–Crippen MR) is 81.7 cm³/mol. The fraction of sp³-hybridized carbons (Fsp3) is 0.500. The van der Waals surface area contributed by atoms with Crippen molar-refractivity contribution in [1.29, 1.82) is 5.26 Å². The van der Waals surface area contributed by atoms with Crippen LogP contribution in [0.3, 0.4) is 0 Å². The Kier molecular flexibility index (Phi) is 4.08. The largest absolute Gasteiger partial charge is 0.465 e. The quantitative estimate of drug-likeness (QED) is 0.862. The van der Waals surface area contributed by atoms with Gasteiger partial charge in [-0.1, -0.05) is 20.8 Å². The first-order chi connectivity index (χ1) is 9.82. The Morgan fingerprint density at radius 1 is 1.24 bits per heavy atom. The molecule has 112 valence electrons. The van der Waals surface area contributed by atoms with Crippen LogP contribution in [0.4, 0.5) is 10.5 Å². The standard InChI is InChI=1S/C16H21N3O2/c1-16(2,3)13-10-12(11-17)4-5-14(13)18-6-8-19(9-7-18)15(20)21/h4-5,10H,6-9H2,1-3H3,(H,20,21). The van der Waals surface area contributed by atoms with Gasteiger partial charge in [-0.25, -0.2) is 4.79 Å². The van der Waals surface area contributed by atoms with Gasteiger partial charge < -0.3 is 14.9 Å². The molecular weight excluding hydrogens is 266 g/mol. The zero-order chi connectivity index (χ0) is 15.6. The SMILES string of the molecule is CC(C)(C)c1cc(C#N)ccc1N1CCN(C(=O)O)CC1. The van der Waals surface area contributed by atoms with Crippen LogP contribution in [0.1, 0.15) is 31.9 Å². The Morgan fingerprint density at radius 2 is 1.86 bits per heavy atom. The van der Waals surface area contributed by atoms with Crippen LogP contribution in [0, 0.1) is 11.3 Å². The number of hydrogen-bond acceptors (Lipinski definition) is 3. The number of carbonyl (C=O) groups is 1. The molecule has 0 aromatic heterocycles. The van der Waals surface area contributed by atoms with Gasteiger partial charge in [-0.05, 0) is 29.2 Å². The summed E-state index contributed by atoms with van der Waals surface area (Å²) in [4.78, 5) is 14.6. The van der Waals surface area contributed by atoms with Gasteiger partial charge in [0.2, 0.25) is 0 Å². The highest BCUT2D eigenvalue weighted by Gasteiger charge is 2.25. The molecule has 0 saturated carbocycles. The number of nitrogens with zero attached hydrogens (tertiary/aromatic N) is 3. The normalized spacial score (nSPS) is 15.7. The Morgan fingerprint density at radius 3 is 2.33 bits per heavy atom. The van der Waals surface area contributed by atoms with Gasteiger partial charge in [0.15, 0.2) is 0 Å². The van der Waals surface area contributed by atoms with Gasteiger partial charge in [-0.3, -0.25) is 0 Å². The molecule has 1 aromatic rings. The van der Waals surface area contributed by atoms with Crippen LogP contribution in [0.2, 0.25) is 0 Å². The molecule has 0 spiro atoms. The molecule has 0 unspecified atom stereocenters. The molecule has 0 radical (unpaired) electrons. The molecule has 5 heteroatoms. The van der Waals surface area contributed by atoms with Crippen molar-refractivity contribution in [3.8, 4) is 6.07 Å². The first-order valence-electron chi connectivity index (χ1n) is 7.10. The minimum absolute atomic E-state index is 0.0634. The third-order valence-electron chi connectivity index (χ3n) is 3.82. The minimum Gasteiger partial charge on any atom is -0.465 e. The number of rotatable bonds is 1. The van der Waals surface area contributed by atoms with Crippen molar-refractivity contribution in [3.05, 3.63) is 29.3 Å². The lowest BCUT2D eigenvalue weighted by Crippen LogP contribution is -2.48. The second kappa shape index (κ2) is 5.65. The lowest BCUT2D eigenvalue weighted by Gasteiger charge is -2.37. The van der Waals surface area contributed by atoms with Crippen molar-refractivity contribution in [3.63, 3.8) is 0 Å². The maximum Gasteiger partial charge on any atom is 0.407 e. The molecular formula is C16H21N3O2. The fourth-order valence-electron chi connectivity index (χ4n) is 2.62. The highest BCUT2D eigenvalue weighted by molar-refractivity contribution is 5.66. The average molecular weight is 287 g/mol. The van der Waals surface area contributed by atoms with E-state index in [9.17, 15) is 4.79 Å². The van der Waals surface area contributed by atoms with Crippen LogP contribution >= 0.6 is 0 Å². The molecule has 1 heterocycles. The molecule has 1 aromatic carbocycles. The van der Waals surface area contributed by atoms with Crippen LogP contribution < -0.4 is 4.90 Å². The van der Waals surface area contributed by atoms with E-state index in [-0.39, 0.29) is 5.41 Å². The Balaban J connectivity index is 2.29. The van der Waals surface area contributed by atoms with Crippen molar-refractivity contribution >= 4 is 11.8 Å². The molecule has 1 aliphatic heterocycles. The molecule has 0 aliphatic carbocycles. The lowest BCUT2D eigenvalue weighted by atomic mass is 9.84. The molecule has 1 saturated heterocycles. The van der Waals surface area contributed by atoms with Crippen LogP contribution in [-0.2, 0) is 5.41 Å².